The van der Waals surface area contributed by atoms with Crippen LogP contribution in [0.1, 0.15) is 36.2 Å². The number of carbonyl (C=O) groups is 1. The molecule has 1 amide bonds. The quantitative estimate of drug-likeness (QED) is 0.773. The number of hydrogen-bond acceptors (Lipinski definition) is 6. The van der Waals surface area contributed by atoms with E-state index in [1.807, 2.05) is 18.2 Å². The van der Waals surface area contributed by atoms with Crippen molar-refractivity contribution in [2.24, 2.45) is 5.73 Å². The van der Waals surface area contributed by atoms with Crippen molar-refractivity contribution in [1.82, 2.24) is 10.3 Å². The van der Waals surface area contributed by atoms with Crippen molar-refractivity contribution < 1.29 is 14.3 Å². The van der Waals surface area contributed by atoms with Crippen LogP contribution in [0.25, 0.3) is 10.6 Å². The van der Waals surface area contributed by atoms with E-state index in [0.29, 0.717) is 25.5 Å². The molecule has 0 spiro atoms. The molecule has 9 heteroatoms. The van der Waals surface area contributed by atoms with E-state index >= 15 is 0 Å². The molecule has 1 aromatic carbocycles. The Balaban J connectivity index is 0.00000131. The number of benzene rings is 1. The molecule has 2 aliphatic rings. The van der Waals surface area contributed by atoms with E-state index in [4.69, 9.17) is 15.2 Å². The van der Waals surface area contributed by atoms with Crippen LogP contribution in [0.2, 0.25) is 0 Å². The topological polar surface area (TPSA) is 86.5 Å². The number of nitrogens with two attached hydrogens (primary N) is 1. The van der Waals surface area contributed by atoms with Crippen LogP contribution in [0.15, 0.2) is 23.6 Å². The van der Waals surface area contributed by atoms with Gasteiger partial charge >= 0.3 is 0 Å². The Labute approximate surface area is 174 Å². The lowest BCUT2D eigenvalue weighted by molar-refractivity contribution is 0.0898. The highest BCUT2D eigenvalue weighted by atomic mass is 35.5. The predicted molar refractivity (Wildman–Crippen MR) is 111 cm³/mol. The normalized spacial score (nSPS) is 16.8. The van der Waals surface area contributed by atoms with Gasteiger partial charge in [0.15, 0.2) is 11.5 Å². The van der Waals surface area contributed by atoms with Crippen LogP contribution < -0.4 is 20.5 Å². The average molecular weight is 432 g/mol. The summed E-state index contributed by atoms with van der Waals surface area (Å²) in [5.41, 5.74) is 6.99. The second-order valence-electron chi connectivity index (χ2n) is 6.54. The maximum absolute atomic E-state index is 12.6. The lowest BCUT2D eigenvalue weighted by Crippen LogP contribution is -2.51. The largest absolute Gasteiger partial charge is 0.486 e. The van der Waals surface area contributed by atoms with Crippen LogP contribution in [-0.4, -0.2) is 36.2 Å². The van der Waals surface area contributed by atoms with Gasteiger partial charge in [-0.15, -0.1) is 36.2 Å². The molecule has 3 N–H and O–H groups in total. The Hall–Kier alpha value is -1.54. The fourth-order valence-corrected chi connectivity index (χ4v) is 4.22. The predicted octanol–water partition coefficient (Wildman–Crippen LogP) is 3.43. The molecule has 1 aliphatic carbocycles. The monoisotopic (exact) mass is 431 g/mol. The SMILES string of the molecule is Cl.Cl.NCC1(NC(=O)c2csc(-c3ccc4c(c3)OCCO4)n2)CCCC1. The number of nitrogens with zero attached hydrogens (tertiary/aromatic N) is 1. The second kappa shape index (κ2) is 9.10. The van der Waals surface area contributed by atoms with Crippen LogP contribution in [0.3, 0.4) is 0 Å². The summed E-state index contributed by atoms with van der Waals surface area (Å²) in [6.45, 7) is 1.58. The highest BCUT2D eigenvalue weighted by Crippen LogP contribution is 2.35. The van der Waals surface area contributed by atoms with Crippen molar-refractivity contribution >= 4 is 42.1 Å². The molecule has 0 atom stereocenters. The maximum atomic E-state index is 12.6. The van der Waals surface area contributed by atoms with Crippen molar-refractivity contribution in [2.45, 2.75) is 31.2 Å². The highest BCUT2D eigenvalue weighted by Gasteiger charge is 2.34. The maximum Gasteiger partial charge on any atom is 0.271 e. The average Bonchev–Trinajstić information content (AvgIpc) is 3.31. The molecule has 1 fully saturated rings. The van der Waals surface area contributed by atoms with Gasteiger partial charge in [-0.1, -0.05) is 12.8 Å². The first-order valence-corrected chi connectivity index (χ1v) is 9.45. The number of nitrogens with one attached hydrogen (secondary N) is 1. The van der Waals surface area contributed by atoms with Gasteiger partial charge in [0.25, 0.3) is 5.91 Å². The molecule has 148 valence electrons. The number of ether oxygens (including phenoxy) is 2. The van der Waals surface area contributed by atoms with Gasteiger partial charge in [-0.3, -0.25) is 4.79 Å². The molecule has 0 bridgehead atoms. The molecule has 2 aromatic rings. The standard InChI is InChI=1S/C18H21N3O3S.2ClH/c19-11-18(5-1-2-6-18)21-16(22)13-10-25-17(20-13)12-3-4-14-15(9-12)24-8-7-23-14;;/h3-4,9-10H,1-2,5-8,11,19H2,(H,21,22);2*1H. The molecule has 6 nitrogen and oxygen atoms in total. The fourth-order valence-electron chi connectivity index (χ4n) is 3.42. The van der Waals surface area contributed by atoms with Crippen molar-refractivity contribution in [3.05, 3.63) is 29.3 Å². The van der Waals surface area contributed by atoms with E-state index in [1.165, 1.54) is 11.3 Å². The van der Waals surface area contributed by atoms with Gasteiger partial charge in [0.05, 0.1) is 5.54 Å². The molecule has 1 aliphatic heterocycles. The van der Waals surface area contributed by atoms with Crippen LogP contribution in [0.5, 0.6) is 11.5 Å². The fraction of sp³-hybridized carbons (Fsp3) is 0.444. The Kier molecular flexibility index (Phi) is 7.33. The summed E-state index contributed by atoms with van der Waals surface area (Å²) in [7, 11) is 0. The van der Waals surface area contributed by atoms with E-state index in [1.54, 1.807) is 5.38 Å². The molecular weight excluding hydrogens is 409 g/mol. The van der Waals surface area contributed by atoms with Crippen LogP contribution in [0.4, 0.5) is 0 Å². The molecule has 0 unspecified atom stereocenters. The summed E-state index contributed by atoms with van der Waals surface area (Å²) < 4.78 is 11.2. The number of amides is 1. The number of thiazole rings is 1. The number of hydrogen-bond donors (Lipinski definition) is 2. The minimum atomic E-state index is -0.266. The molecular formula is C18H23Cl2N3O3S. The van der Waals surface area contributed by atoms with Crippen LogP contribution in [0, 0.1) is 0 Å². The van der Waals surface area contributed by atoms with Crippen LogP contribution in [-0.2, 0) is 0 Å². The van der Waals surface area contributed by atoms with Crippen molar-refractivity contribution in [1.29, 1.82) is 0 Å². The number of aromatic nitrogens is 1. The third kappa shape index (κ3) is 4.48. The zero-order valence-corrected chi connectivity index (χ0v) is 17.2. The van der Waals surface area contributed by atoms with Gasteiger partial charge in [0.1, 0.15) is 23.9 Å². The van der Waals surface area contributed by atoms with E-state index < -0.39 is 0 Å². The Morgan fingerprint density at radius 3 is 2.59 bits per heavy atom. The zero-order chi connectivity index (χ0) is 17.3. The number of carbonyl (C=O) groups excluding carboxylic acids is 1. The van der Waals surface area contributed by atoms with E-state index in [9.17, 15) is 4.79 Å². The van der Waals surface area contributed by atoms with E-state index in [-0.39, 0.29) is 36.3 Å². The number of rotatable bonds is 4. The third-order valence-electron chi connectivity index (χ3n) is 4.86. The minimum absolute atomic E-state index is 0. The van der Waals surface area contributed by atoms with Gasteiger partial charge in [-0.2, -0.15) is 0 Å². The van der Waals surface area contributed by atoms with Gasteiger partial charge in [-0.25, -0.2) is 4.98 Å². The molecule has 27 heavy (non-hydrogen) atoms. The summed E-state index contributed by atoms with van der Waals surface area (Å²) in [5, 5.41) is 5.69. The van der Waals surface area contributed by atoms with Crippen molar-refractivity contribution in [3.8, 4) is 22.1 Å². The summed E-state index contributed by atoms with van der Waals surface area (Å²) in [5.74, 6) is 1.32. The minimum Gasteiger partial charge on any atom is -0.486 e. The van der Waals surface area contributed by atoms with Gasteiger partial charge in [0.2, 0.25) is 0 Å². The van der Waals surface area contributed by atoms with Gasteiger partial charge in [0, 0.05) is 17.5 Å². The molecule has 1 aromatic heterocycles. The summed E-state index contributed by atoms with van der Waals surface area (Å²) >= 11 is 1.45. The molecule has 1 saturated carbocycles. The van der Waals surface area contributed by atoms with Gasteiger partial charge in [-0.05, 0) is 31.0 Å². The molecule has 4 rings (SSSR count). The highest BCUT2D eigenvalue weighted by molar-refractivity contribution is 7.13. The summed E-state index contributed by atoms with van der Waals surface area (Å²) in [6.07, 6.45) is 4.09. The Bertz CT molecular complexity index is 794. The first-order valence-electron chi connectivity index (χ1n) is 8.57. The number of fused-ring (bicyclic) bond motifs is 1. The molecule has 0 saturated heterocycles. The van der Waals surface area contributed by atoms with Crippen LogP contribution >= 0.6 is 36.2 Å². The Morgan fingerprint density at radius 1 is 1.19 bits per heavy atom. The molecule has 2 heterocycles. The Morgan fingerprint density at radius 2 is 1.89 bits per heavy atom. The summed E-state index contributed by atoms with van der Waals surface area (Å²) in [4.78, 5) is 17.1. The molecule has 0 radical (unpaired) electrons. The lowest BCUT2D eigenvalue weighted by Gasteiger charge is -2.28. The summed E-state index contributed by atoms with van der Waals surface area (Å²) in [6, 6.07) is 5.73. The van der Waals surface area contributed by atoms with E-state index in [0.717, 1.165) is 47.8 Å². The van der Waals surface area contributed by atoms with E-state index in [2.05, 4.69) is 10.3 Å². The van der Waals surface area contributed by atoms with Gasteiger partial charge < -0.3 is 20.5 Å². The second-order valence-corrected chi connectivity index (χ2v) is 7.40. The zero-order valence-electron chi connectivity index (χ0n) is 14.7. The van der Waals surface area contributed by atoms with Crippen molar-refractivity contribution in [3.63, 3.8) is 0 Å². The number of halogens is 2. The first-order chi connectivity index (χ1) is 12.2. The first kappa shape index (κ1) is 21.8. The lowest BCUT2D eigenvalue weighted by atomic mass is 9.98. The smallest absolute Gasteiger partial charge is 0.271 e. The third-order valence-corrected chi connectivity index (χ3v) is 5.75. The van der Waals surface area contributed by atoms with Crippen molar-refractivity contribution in [2.75, 3.05) is 19.8 Å².